The lowest BCUT2D eigenvalue weighted by Crippen LogP contribution is -1.94. The summed E-state index contributed by atoms with van der Waals surface area (Å²) in [5, 5.41) is 14.7. The third-order valence-electron chi connectivity index (χ3n) is 3.71. The SMILES string of the molecule is COc1cccc(-c2csc(/C(C#N)=C/Nc3cc(C)ccc3F)n2)c1. The van der Waals surface area contributed by atoms with E-state index in [9.17, 15) is 9.65 Å². The van der Waals surface area contributed by atoms with E-state index in [1.807, 2.05) is 36.6 Å². The van der Waals surface area contributed by atoms with E-state index in [-0.39, 0.29) is 5.82 Å². The molecule has 0 saturated heterocycles. The van der Waals surface area contributed by atoms with Gasteiger partial charge >= 0.3 is 0 Å². The van der Waals surface area contributed by atoms with Crippen LogP contribution < -0.4 is 10.1 Å². The number of nitrogens with one attached hydrogen (secondary N) is 1. The lowest BCUT2D eigenvalue weighted by atomic mass is 10.1. The van der Waals surface area contributed by atoms with Crippen LogP contribution in [0.5, 0.6) is 5.75 Å². The first-order chi connectivity index (χ1) is 12.6. The zero-order valence-electron chi connectivity index (χ0n) is 14.3. The standard InChI is InChI=1S/C20H16FN3OS/c1-13-6-7-17(21)18(8-13)23-11-15(10-22)20-24-19(12-26-20)14-4-3-5-16(9-14)25-2/h3-9,11-12,23H,1-2H3/b15-11+. The van der Waals surface area contributed by atoms with Crippen molar-refractivity contribution in [2.75, 3.05) is 12.4 Å². The Hall–Kier alpha value is -3.17. The summed E-state index contributed by atoms with van der Waals surface area (Å²) in [6.45, 7) is 1.88. The summed E-state index contributed by atoms with van der Waals surface area (Å²) in [7, 11) is 1.61. The van der Waals surface area contributed by atoms with Gasteiger partial charge in [-0.05, 0) is 36.8 Å². The van der Waals surface area contributed by atoms with Gasteiger partial charge in [0.2, 0.25) is 0 Å². The molecule has 1 N–H and O–H groups in total. The van der Waals surface area contributed by atoms with Crippen molar-refractivity contribution in [2.24, 2.45) is 0 Å². The highest BCUT2D eigenvalue weighted by atomic mass is 32.1. The Bertz CT molecular complexity index is 1000. The molecule has 26 heavy (non-hydrogen) atoms. The summed E-state index contributed by atoms with van der Waals surface area (Å²) in [5.74, 6) is 0.366. The Morgan fingerprint density at radius 2 is 2.15 bits per heavy atom. The molecule has 0 aliphatic rings. The molecule has 0 atom stereocenters. The molecule has 3 aromatic rings. The number of aryl methyl sites for hydroxylation is 1. The quantitative estimate of drug-likeness (QED) is 0.628. The molecule has 0 spiro atoms. The molecule has 0 saturated carbocycles. The molecule has 0 unspecified atom stereocenters. The van der Waals surface area contributed by atoms with Crippen LogP contribution in [-0.2, 0) is 0 Å². The van der Waals surface area contributed by atoms with E-state index < -0.39 is 0 Å². The van der Waals surface area contributed by atoms with Crippen molar-refractivity contribution in [1.82, 2.24) is 4.98 Å². The number of anilines is 1. The number of rotatable bonds is 5. The lowest BCUT2D eigenvalue weighted by Gasteiger charge is -2.04. The first kappa shape index (κ1) is 17.6. The van der Waals surface area contributed by atoms with Gasteiger partial charge in [-0.1, -0.05) is 18.2 Å². The number of nitrogens with zero attached hydrogens (tertiary/aromatic N) is 2. The maximum Gasteiger partial charge on any atom is 0.146 e. The summed E-state index contributed by atoms with van der Waals surface area (Å²) in [6.07, 6.45) is 1.48. The van der Waals surface area contributed by atoms with Crippen LogP contribution >= 0.6 is 11.3 Å². The summed E-state index contributed by atoms with van der Waals surface area (Å²) in [4.78, 5) is 4.52. The molecule has 0 amide bonds. The van der Waals surface area contributed by atoms with Gasteiger partial charge in [0.05, 0.1) is 18.5 Å². The van der Waals surface area contributed by atoms with Crippen molar-refractivity contribution in [1.29, 1.82) is 5.26 Å². The highest BCUT2D eigenvalue weighted by molar-refractivity contribution is 7.11. The Kier molecular flexibility index (Phi) is 5.30. The second-order valence-electron chi connectivity index (χ2n) is 5.57. The van der Waals surface area contributed by atoms with Gasteiger partial charge in [0, 0.05) is 17.1 Å². The van der Waals surface area contributed by atoms with Crippen LogP contribution in [0, 0.1) is 24.1 Å². The molecule has 0 bridgehead atoms. The smallest absolute Gasteiger partial charge is 0.146 e. The molecule has 0 aliphatic heterocycles. The predicted molar refractivity (Wildman–Crippen MR) is 102 cm³/mol. The highest BCUT2D eigenvalue weighted by Gasteiger charge is 2.10. The van der Waals surface area contributed by atoms with Crippen LogP contribution in [0.15, 0.2) is 54.0 Å². The van der Waals surface area contributed by atoms with Gasteiger partial charge in [-0.15, -0.1) is 11.3 Å². The summed E-state index contributed by atoms with van der Waals surface area (Å²) >= 11 is 1.36. The number of thiazole rings is 1. The predicted octanol–water partition coefficient (Wildman–Crippen LogP) is 5.24. The molecule has 1 heterocycles. The largest absolute Gasteiger partial charge is 0.497 e. The van der Waals surface area contributed by atoms with E-state index in [0.717, 1.165) is 22.6 Å². The summed E-state index contributed by atoms with van der Waals surface area (Å²) in [5.41, 5.74) is 3.25. The molecule has 0 aliphatic carbocycles. The van der Waals surface area contributed by atoms with Gasteiger partial charge < -0.3 is 10.1 Å². The van der Waals surface area contributed by atoms with E-state index in [1.165, 1.54) is 23.6 Å². The number of halogens is 1. The summed E-state index contributed by atoms with van der Waals surface area (Å²) < 4.78 is 19.1. The molecule has 4 nitrogen and oxygen atoms in total. The van der Waals surface area contributed by atoms with Crippen LogP contribution in [0.1, 0.15) is 10.6 Å². The van der Waals surface area contributed by atoms with Crippen molar-refractivity contribution < 1.29 is 9.13 Å². The van der Waals surface area contributed by atoms with Gasteiger partial charge in [-0.3, -0.25) is 0 Å². The number of nitriles is 1. The zero-order chi connectivity index (χ0) is 18.5. The van der Waals surface area contributed by atoms with Crippen molar-refractivity contribution in [3.05, 3.63) is 70.4 Å². The monoisotopic (exact) mass is 365 g/mol. The maximum absolute atomic E-state index is 13.8. The Morgan fingerprint density at radius 1 is 1.31 bits per heavy atom. The van der Waals surface area contributed by atoms with Crippen LogP contribution in [0.3, 0.4) is 0 Å². The third kappa shape index (κ3) is 3.90. The first-order valence-corrected chi connectivity index (χ1v) is 8.72. The Balaban J connectivity index is 1.86. The van der Waals surface area contributed by atoms with Crippen LogP contribution in [0.25, 0.3) is 16.8 Å². The Labute approximate surface area is 155 Å². The molecule has 130 valence electrons. The minimum Gasteiger partial charge on any atom is -0.497 e. The molecular weight excluding hydrogens is 349 g/mol. The number of benzene rings is 2. The number of ether oxygens (including phenoxy) is 1. The van der Waals surface area contributed by atoms with Crippen LogP contribution in [-0.4, -0.2) is 12.1 Å². The number of aromatic nitrogens is 1. The lowest BCUT2D eigenvalue weighted by molar-refractivity contribution is 0.415. The van der Waals surface area contributed by atoms with E-state index in [2.05, 4.69) is 16.4 Å². The van der Waals surface area contributed by atoms with Crippen LogP contribution in [0.4, 0.5) is 10.1 Å². The zero-order valence-corrected chi connectivity index (χ0v) is 15.1. The maximum atomic E-state index is 13.8. The molecule has 2 aromatic carbocycles. The normalized spacial score (nSPS) is 11.1. The number of hydrogen-bond donors (Lipinski definition) is 1. The first-order valence-electron chi connectivity index (χ1n) is 7.84. The highest BCUT2D eigenvalue weighted by Crippen LogP contribution is 2.28. The van der Waals surface area contributed by atoms with Gasteiger partial charge in [0.25, 0.3) is 0 Å². The van der Waals surface area contributed by atoms with E-state index in [4.69, 9.17) is 4.74 Å². The Morgan fingerprint density at radius 3 is 2.92 bits per heavy atom. The fourth-order valence-corrected chi connectivity index (χ4v) is 3.15. The van der Waals surface area contributed by atoms with Crippen molar-refractivity contribution in [3.8, 4) is 23.1 Å². The number of hydrogen-bond acceptors (Lipinski definition) is 5. The molecule has 3 rings (SSSR count). The minimum absolute atomic E-state index is 0.322. The second-order valence-corrected chi connectivity index (χ2v) is 6.43. The van der Waals surface area contributed by atoms with Gasteiger partial charge in [-0.25, -0.2) is 9.37 Å². The molecular formula is C20H16FN3OS. The minimum atomic E-state index is -0.375. The van der Waals surface area contributed by atoms with Crippen molar-refractivity contribution in [2.45, 2.75) is 6.92 Å². The molecule has 1 aromatic heterocycles. The molecule has 6 heteroatoms. The topological polar surface area (TPSA) is 57.9 Å². The van der Waals surface area contributed by atoms with Crippen LogP contribution in [0.2, 0.25) is 0 Å². The summed E-state index contributed by atoms with van der Waals surface area (Å²) in [6, 6.07) is 14.4. The third-order valence-corrected chi connectivity index (χ3v) is 4.59. The fraction of sp³-hybridized carbons (Fsp3) is 0.100. The van der Waals surface area contributed by atoms with E-state index >= 15 is 0 Å². The van der Waals surface area contributed by atoms with Crippen molar-refractivity contribution >= 4 is 22.6 Å². The van der Waals surface area contributed by atoms with Gasteiger partial charge in [-0.2, -0.15) is 5.26 Å². The fourth-order valence-electron chi connectivity index (χ4n) is 2.35. The van der Waals surface area contributed by atoms with E-state index in [1.54, 1.807) is 19.2 Å². The average Bonchev–Trinajstić information content (AvgIpc) is 3.15. The second kappa shape index (κ2) is 7.81. The average molecular weight is 365 g/mol. The molecule has 0 radical (unpaired) electrons. The number of allylic oxidation sites excluding steroid dienone is 1. The van der Waals surface area contributed by atoms with Crippen molar-refractivity contribution in [3.63, 3.8) is 0 Å². The van der Waals surface area contributed by atoms with E-state index in [0.29, 0.717) is 16.3 Å². The molecule has 0 fully saturated rings. The van der Waals surface area contributed by atoms with Gasteiger partial charge in [0.1, 0.15) is 28.2 Å². The van der Waals surface area contributed by atoms with Gasteiger partial charge in [0.15, 0.2) is 0 Å². The number of methoxy groups -OCH3 is 1.